The van der Waals surface area contributed by atoms with Crippen LogP contribution in [0.4, 0.5) is 5.69 Å². The smallest absolute Gasteiger partial charge is 0.237 e. The fraction of sp³-hybridized carbons (Fsp3) is 0.385. The van der Waals surface area contributed by atoms with Crippen molar-refractivity contribution in [2.75, 3.05) is 44.3 Å². The van der Waals surface area contributed by atoms with E-state index in [9.17, 15) is 9.59 Å². The maximum absolute atomic E-state index is 12.7. The minimum absolute atomic E-state index is 0.0848. The Morgan fingerprint density at radius 3 is 2.46 bits per heavy atom. The molecule has 2 N–H and O–H groups in total. The minimum Gasteiger partial charge on any atom is -0.475 e. The molecule has 0 unspecified atom stereocenters. The summed E-state index contributed by atoms with van der Waals surface area (Å²) in [7, 11) is 0. The molecular formula is C39H47N9O3S. The molecule has 0 radical (unpaired) electrons. The Morgan fingerprint density at radius 1 is 1.04 bits per heavy atom. The highest BCUT2D eigenvalue weighted by Gasteiger charge is 2.26. The van der Waals surface area contributed by atoms with Crippen molar-refractivity contribution in [2.45, 2.75) is 57.9 Å². The van der Waals surface area contributed by atoms with Crippen LogP contribution in [0.3, 0.4) is 0 Å². The monoisotopic (exact) mass is 721 g/mol. The topological polar surface area (TPSA) is 134 Å². The average Bonchev–Trinajstić information content (AvgIpc) is 3.93. The van der Waals surface area contributed by atoms with Gasteiger partial charge in [0.05, 0.1) is 18.2 Å². The van der Waals surface area contributed by atoms with E-state index in [-0.39, 0.29) is 12.0 Å². The molecule has 0 saturated carbocycles. The van der Waals surface area contributed by atoms with E-state index in [1.54, 1.807) is 12.5 Å². The number of hydrogen-bond donors (Lipinski definition) is 2. The van der Waals surface area contributed by atoms with Crippen molar-refractivity contribution in [2.24, 2.45) is 0 Å². The van der Waals surface area contributed by atoms with Crippen LogP contribution in [0, 0.1) is 0 Å². The molecule has 7 rings (SSSR count). The van der Waals surface area contributed by atoms with Gasteiger partial charge in [0.2, 0.25) is 18.2 Å². The predicted octanol–water partition coefficient (Wildman–Crippen LogP) is 6.56. The molecular weight excluding hydrogens is 675 g/mol. The van der Waals surface area contributed by atoms with Gasteiger partial charge < -0.3 is 15.0 Å². The zero-order valence-electron chi connectivity index (χ0n) is 30.5. The number of H-pyrrole nitrogens is 1. The van der Waals surface area contributed by atoms with Crippen molar-refractivity contribution in [1.82, 2.24) is 39.7 Å². The number of hydrogen-bond acceptors (Lipinski definition) is 9. The molecule has 272 valence electrons. The molecule has 2 aromatic carbocycles. The highest BCUT2D eigenvalue weighted by atomic mass is 32.2. The minimum atomic E-state index is 0.0848. The summed E-state index contributed by atoms with van der Waals surface area (Å²) in [5, 5.41) is 16.1. The van der Waals surface area contributed by atoms with E-state index in [0.717, 1.165) is 65.3 Å². The number of likely N-dealkylation sites (tertiary alicyclic amines) is 1. The summed E-state index contributed by atoms with van der Waals surface area (Å²) in [5.41, 5.74) is 6.84. The molecule has 0 bridgehead atoms. The largest absolute Gasteiger partial charge is 0.475 e. The lowest BCUT2D eigenvalue weighted by Crippen LogP contribution is -2.41. The summed E-state index contributed by atoms with van der Waals surface area (Å²) in [5.74, 6) is 1.60. The lowest BCUT2D eigenvalue weighted by atomic mass is 9.98. The molecule has 12 nitrogen and oxygen atoms in total. The van der Waals surface area contributed by atoms with Crippen LogP contribution in [-0.2, 0) is 9.59 Å². The maximum Gasteiger partial charge on any atom is 0.237 e. The standard InChI is InChI=1S/C23H31N5OS.C16H16N4O2/c1-17(2)28-16-24-23(25-28)20-6-4-18(5-7-20)19-8-12-27(13-9-19)22(29)15-26-11-10-21(14-26)30-3;1-10(2)22-15-6-3-11(8-17-15)16-13-7-12(18-9-21)4-5-14(13)19-20-16/h4-8,16-17,21H,9-15H2,1-3H3;3-10H,1-2H3,(H,18,21)(H,19,20)/t21-;/m0./s1. The third-order valence-electron chi connectivity index (χ3n) is 9.19. The summed E-state index contributed by atoms with van der Waals surface area (Å²) < 4.78 is 7.41. The Labute approximate surface area is 309 Å². The van der Waals surface area contributed by atoms with E-state index < -0.39 is 0 Å². The summed E-state index contributed by atoms with van der Waals surface area (Å²) in [6.07, 6.45) is 10.7. The number of thioether (sulfide) groups is 1. The van der Waals surface area contributed by atoms with Gasteiger partial charge in [0.25, 0.3) is 0 Å². The Morgan fingerprint density at radius 2 is 1.83 bits per heavy atom. The first-order valence-corrected chi connectivity index (χ1v) is 19.0. The number of nitrogens with zero attached hydrogens (tertiary/aromatic N) is 7. The second-order valence-corrected chi connectivity index (χ2v) is 14.7. The number of carbonyl (C=O) groups is 2. The van der Waals surface area contributed by atoms with Crippen molar-refractivity contribution in [1.29, 1.82) is 0 Å². The summed E-state index contributed by atoms with van der Waals surface area (Å²) in [6.45, 7) is 12.3. The van der Waals surface area contributed by atoms with Crippen LogP contribution in [0.25, 0.3) is 39.1 Å². The van der Waals surface area contributed by atoms with Crippen LogP contribution in [0.15, 0.2) is 73.2 Å². The van der Waals surface area contributed by atoms with Gasteiger partial charge in [-0.2, -0.15) is 22.0 Å². The number of rotatable bonds is 11. The first-order chi connectivity index (χ1) is 25.2. The molecule has 52 heavy (non-hydrogen) atoms. The first-order valence-electron chi connectivity index (χ1n) is 17.8. The number of benzene rings is 2. The van der Waals surface area contributed by atoms with E-state index in [0.29, 0.717) is 36.7 Å². The third kappa shape index (κ3) is 9.07. The number of aromatic nitrogens is 6. The van der Waals surface area contributed by atoms with E-state index >= 15 is 0 Å². The van der Waals surface area contributed by atoms with Crippen LogP contribution < -0.4 is 10.1 Å². The lowest BCUT2D eigenvalue weighted by molar-refractivity contribution is -0.131. The van der Waals surface area contributed by atoms with Crippen molar-refractivity contribution >= 4 is 46.2 Å². The van der Waals surface area contributed by atoms with Crippen LogP contribution >= 0.6 is 11.8 Å². The second kappa shape index (κ2) is 17.0. The van der Waals surface area contributed by atoms with Gasteiger partial charge in [-0.1, -0.05) is 30.3 Å². The Kier molecular flexibility index (Phi) is 12.0. The molecule has 0 aliphatic carbocycles. The SMILES string of the molecule is CC(C)Oc1ccc(-c2n[nH]c3ccc(NC=O)cc23)cn1.CS[C@H]1CCN(CC(=O)N2CC=C(c3ccc(-c4ncn(C(C)C)n4)cc3)CC2)C1. The first kappa shape index (κ1) is 36.8. The fourth-order valence-corrected chi connectivity index (χ4v) is 7.00. The number of amides is 2. The predicted molar refractivity (Wildman–Crippen MR) is 208 cm³/mol. The highest BCUT2D eigenvalue weighted by Crippen LogP contribution is 2.29. The molecule has 0 spiro atoms. The van der Waals surface area contributed by atoms with Gasteiger partial charge in [0.1, 0.15) is 12.0 Å². The number of aromatic amines is 1. The second-order valence-electron chi connectivity index (χ2n) is 13.6. The Balaban J connectivity index is 0.000000187. The molecule has 1 fully saturated rings. The Bertz CT molecular complexity index is 1990. The molecule has 2 amide bonds. The quantitative estimate of drug-likeness (QED) is 0.146. The zero-order chi connectivity index (χ0) is 36.6. The van der Waals surface area contributed by atoms with Gasteiger partial charge >= 0.3 is 0 Å². The van der Waals surface area contributed by atoms with Gasteiger partial charge in [-0.3, -0.25) is 19.6 Å². The molecule has 13 heteroatoms. The van der Waals surface area contributed by atoms with E-state index in [1.807, 2.05) is 65.5 Å². The van der Waals surface area contributed by atoms with E-state index in [1.165, 1.54) is 17.6 Å². The normalized spacial score (nSPS) is 16.2. The maximum atomic E-state index is 12.7. The van der Waals surface area contributed by atoms with Crippen LogP contribution in [-0.4, -0.2) is 102 Å². The molecule has 5 heterocycles. The van der Waals surface area contributed by atoms with E-state index in [4.69, 9.17) is 4.74 Å². The number of fused-ring (bicyclic) bond motifs is 1. The van der Waals surface area contributed by atoms with E-state index in [2.05, 4.69) is 85.9 Å². The number of pyridine rings is 1. The fourth-order valence-electron chi connectivity index (χ4n) is 6.30. The Hall–Kier alpha value is -5.01. The third-order valence-corrected chi connectivity index (χ3v) is 10.2. The molecule has 1 saturated heterocycles. The average molecular weight is 722 g/mol. The van der Waals surface area contributed by atoms with Crippen molar-refractivity contribution in [3.8, 4) is 28.5 Å². The van der Waals surface area contributed by atoms with Gasteiger partial charge in [-0.25, -0.2) is 14.6 Å². The summed E-state index contributed by atoms with van der Waals surface area (Å²) >= 11 is 1.91. The molecule has 2 aliphatic rings. The van der Waals surface area contributed by atoms with Crippen molar-refractivity contribution < 1.29 is 14.3 Å². The number of ether oxygens (including phenoxy) is 1. The van der Waals surface area contributed by atoms with Crippen molar-refractivity contribution in [3.63, 3.8) is 0 Å². The number of nitrogens with one attached hydrogen (secondary N) is 2. The lowest BCUT2D eigenvalue weighted by Gasteiger charge is -2.28. The van der Waals surface area contributed by atoms with Crippen LogP contribution in [0.1, 0.15) is 52.1 Å². The van der Waals surface area contributed by atoms with Gasteiger partial charge in [-0.05, 0) is 88.7 Å². The molecule has 5 aromatic rings. The van der Waals surface area contributed by atoms with Gasteiger partial charge in [0, 0.05) is 65.4 Å². The number of carbonyl (C=O) groups excluding carboxylic acids is 2. The summed E-state index contributed by atoms with van der Waals surface area (Å²) in [6, 6.07) is 18.1. The van der Waals surface area contributed by atoms with Gasteiger partial charge in [-0.15, -0.1) is 0 Å². The summed E-state index contributed by atoms with van der Waals surface area (Å²) in [4.78, 5) is 36.3. The zero-order valence-corrected chi connectivity index (χ0v) is 31.3. The molecule has 3 aromatic heterocycles. The van der Waals surface area contributed by atoms with Crippen molar-refractivity contribution in [3.05, 3.63) is 78.8 Å². The van der Waals surface area contributed by atoms with Crippen LogP contribution in [0.5, 0.6) is 5.88 Å². The van der Waals surface area contributed by atoms with Crippen LogP contribution in [0.2, 0.25) is 0 Å². The molecule has 2 aliphatic heterocycles. The number of anilines is 1. The highest BCUT2D eigenvalue weighted by molar-refractivity contribution is 7.99. The molecule has 1 atom stereocenters. The van der Waals surface area contributed by atoms with Gasteiger partial charge in [0.15, 0.2) is 5.82 Å².